The summed E-state index contributed by atoms with van der Waals surface area (Å²) in [7, 11) is 1.87. The summed E-state index contributed by atoms with van der Waals surface area (Å²) >= 11 is 1.52. The van der Waals surface area contributed by atoms with Gasteiger partial charge in [0, 0.05) is 36.1 Å². The molecule has 1 heterocycles. The zero-order valence-corrected chi connectivity index (χ0v) is 17.9. The molecule has 7 N–H and O–H groups in total. The van der Waals surface area contributed by atoms with Gasteiger partial charge in [-0.15, -0.1) is 11.3 Å². The van der Waals surface area contributed by atoms with Gasteiger partial charge in [0.15, 0.2) is 17.5 Å². The fraction of sp³-hybridized carbons (Fsp3) is 0.227. The number of guanidine groups is 1. The van der Waals surface area contributed by atoms with E-state index in [9.17, 15) is 9.59 Å². The largest absolute Gasteiger partial charge is 0.383 e. The maximum Gasteiger partial charge on any atom is 0.196 e. The van der Waals surface area contributed by atoms with E-state index in [1.54, 1.807) is 24.3 Å². The van der Waals surface area contributed by atoms with Crippen LogP contribution in [0.25, 0.3) is 10.1 Å². The van der Waals surface area contributed by atoms with Crippen molar-refractivity contribution >= 4 is 50.3 Å². The molecule has 0 unspecified atom stereocenters. The van der Waals surface area contributed by atoms with Crippen molar-refractivity contribution in [1.29, 1.82) is 0 Å². The number of thiophene rings is 1. The molecule has 2 aromatic carbocycles. The minimum absolute atomic E-state index is 0.00867. The zero-order valence-electron chi connectivity index (χ0n) is 17.1. The minimum Gasteiger partial charge on any atom is -0.383 e. The lowest BCUT2D eigenvalue weighted by molar-refractivity contribution is 0.0980. The molecule has 0 spiro atoms. The maximum absolute atomic E-state index is 13.6. The summed E-state index contributed by atoms with van der Waals surface area (Å²) in [5.74, 6) is -0.312. The number of likely N-dealkylation sites (N-methyl/N-ethyl adjacent to an activating group) is 1. The lowest BCUT2D eigenvalue weighted by Crippen LogP contribution is -2.26. The van der Waals surface area contributed by atoms with E-state index < -0.39 is 0 Å². The van der Waals surface area contributed by atoms with Crippen molar-refractivity contribution in [2.24, 2.45) is 16.5 Å². The van der Waals surface area contributed by atoms with Crippen LogP contribution in [0, 0.1) is 0 Å². The molecule has 0 saturated carbocycles. The highest BCUT2D eigenvalue weighted by atomic mass is 32.1. The molecule has 160 valence electrons. The fourth-order valence-corrected chi connectivity index (χ4v) is 4.76. The van der Waals surface area contributed by atoms with Gasteiger partial charge in [-0.05, 0) is 18.5 Å². The Hall–Kier alpha value is -3.43. The second kappa shape index (κ2) is 8.75. The van der Waals surface area contributed by atoms with E-state index in [0.29, 0.717) is 53.3 Å². The number of benzene rings is 2. The molecule has 0 aliphatic heterocycles. The predicted molar refractivity (Wildman–Crippen MR) is 127 cm³/mol. The van der Waals surface area contributed by atoms with Crippen LogP contribution in [0.1, 0.15) is 31.8 Å². The highest BCUT2D eigenvalue weighted by Gasteiger charge is 2.35. The Labute approximate surface area is 183 Å². The maximum atomic E-state index is 13.6. The monoisotopic (exact) mass is 436 g/mol. The second-order valence-corrected chi connectivity index (χ2v) is 8.05. The topological polar surface area (TPSA) is 135 Å². The van der Waals surface area contributed by atoms with Crippen LogP contribution in [0.2, 0.25) is 0 Å². The first-order valence-corrected chi connectivity index (χ1v) is 10.9. The average Bonchev–Trinajstić information content (AvgIpc) is 3.25. The Balaban J connectivity index is 1.91. The van der Waals surface area contributed by atoms with Crippen molar-refractivity contribution in [2.45, 2.75) is 0 Å². The third-order valence-corrected chi connectivity index (χ3v) is 6.10. The average molecular weight is 437 g/mol. The van der Waals surface area contributed by atoms with Gasteiger partial charge in [-0.1, -0.05) is 24.3 Å². The van der Waals surface area contributed by atoms with Crippen LogP contribution in [0.3, 0.4) is 0 Å². The highest BCUT2D eigenvalue weighted by Crippen LogP contribution is 2.45. The van der Waals surface area contributed by atoms with Crippen molar-refractivity contribution in [3.8, 4) is 0 Å². The SMILES string of the molecule is CNCCNc1c2c(c(NCCN=C(N)N)c3sccc13)C(=O)c1ccccc1C2=O. The van der Waals surface area contributed by atoms with Gasteiger partial charge in [0.05, 0.1) is 33.7 Å². The van der Waals surface area contributed by atoms with E-state index in [2.05, 4.69) is 20.9 Å². The highest BCUT2D eigenvalue weighted by molar-refractivity contribution is 7.18. The molecule has 0 radical (unpaired) electrons. The first-order valence-electron chi connectivity index (χ1n) is 9.98. The number of carbonyl (C=O) groups excluding carboxylic acids is 2. The molecule has 0 fully saturated rings. The Bertz CT molecular complexity index is 1200. The number of aliphatic imine (C=N–C) groups is 1. The molecule has 8 nitrogen and oxygen atoms in total. The van der Waals surface area contributed by atoms with E-state index in [0.717, 1.165) is 16.6 Å². The van der Waals surface area contributed by atoms with E-state index in [1.807, 2.05) is 18.5 Å². The van der Waals surface area contributed by atoms with E-state index in [1.165, 1.54) is 11.3 Å². The molecule has 3 aromatic rings. The van der Waals surface area contributed by atoms with Gasteiger partial charge in [-0.3, -0.25) is 14.6 Å². The Morgan fingerprint density at radius 1 is 0.935 bits per heavy atom. The van der Waals surface area contributed by atoms with Crippen molar-refractivity contribution in [2.75, 3.05) is 43.9 Å². The van der Waals surface area contributed by atoms with Crippen LogP contribution in [-0.2, 0) is 0 Å². The number of fused-ring (bicyclic) bond motifs is 3. The summed E-state index contributed by atoms with van der Waals surface area (Å²) in [5.41, 5.74) is 13.8. The number of nitrogens with zero attached hydrogens (tertiary/aromatic N) is 1. The molecule has 1 aliphatic rings. The standard InChI is InChI=1S/C22H24N6O2S/c1-25-7-8-26-17-14-6-11-31-21(14)18(27-9-10-28-22(23)24)16-15(17)19(29)12-4-2-3-5-13(12)20(16)30/h2-6,11,25-27H,7-10H2,1H3,(H4,23,24,28). The predicted octanol–water partition coefficient (Wildman–Crippen LogP) is 1.99. The molecule has 4 rings (SSSR count). The number of ketones is 2. The van der Waals surface area contributed by atoms with Crippen LogP contribution < -0.4 is 27.4 Å². The van der Waals surface area contributed by atoms with Crippen molar-refractivity contribution in [3.05, 3.63) is 58.0 Å². The van der Waals surface area contributed by atoms with Crippen LogP contribution >= 0.6 is 11.3 Å². The summed E-state index contributed by atoms with van der Waals surface area (Å²) in [4.78, 5) is 31.1. The first kappa shape index (κ1) is 20.8. The van der Waals surface area contributed by atoms with Gasteiger partial charge in [0.2, 0.25) is 0 Å². The molecule has 0 saturated heterocycles. The summed E-state index contributed by atoms with van der Waals surface area (Å²) in [6, 6.07) is 8.94. The van der Waals surface area contributed by atoms with Gasteiger partial charge in [0.25, 0.3) is 0 Å². The number of hydrogen-bond donors (Lipinski definition) is 5. The van der Waals surface area contributed by atoms with Gasteiger partial charge < -0.3 is 27.4 Å². The molecule has 1 aliphatic carbocycles. The molecular formula is C22H24N6O2S. The van der Waals surface area contributed by atoms with Crippen LogP contribution in [0.15, 0.2) is 40.7 Å². The van der Waals surface area contributed by atoms with Gasteiger partial charge in [-0.25, -0.2) is 0 Å². The van der Waals surface area contributed by atoms with E-state index in [-0.39, 0.29) is 17.5 Å². The van der Waals surface area contributed by atoms with E-state index >= 15 is 0 Å². The minimum atomic E-state index is -0.165. The van der Waals surface area contributed by atoms with Gasteiger partial charge >= 0.3 is 0 Å². The molecule has 0 bridgehead atoms. The van der Waals surface area contributed by atoms with Crippen LogP contribution in [0.4, 0.5) is 11.4 Å². The third kappa shape index (κ3) is 3.73. The summed E-state index contributed by atoms with van der Waals surface area (Å²) in [6.07, 6.45) is 0. The zero-order chi connectivity index (χ0) is 22.0. The first-order chi connectivity index (χ1) is 15.0. The molecule has 0 amide bonds. The molecular weight excluding hydrogens is 412 g/mol. The summed E-state index contributed by atoms with van der Waals surface area (Å²) in [6.45, 7) is 2.11. The van der Waals surface area contributed by atoms with E-state index in [4.69, 9.17) is 11.5 Å². The van der Waals surface area contributed by atoms with Crippen LogP contribution in [-0.4, -0.2) is 50.8 Å². The number of nitrogens with two attached hydrogens (primary N) is 2. The quantitative estimate of drug-likeness (QED) is 0.123. The van der Waals surface area contributed by atoms with Gasteiger partial charge in [-0.2, -0.15) is 0 Å². The number of carbonyl (C=O) groups is 2. The third-order valence-electron chi connectivity index (χ3n) is 5.17. The number of hydrogen-bond acceptors (Lipinski definition) is 7. The Morgan fingerprint density at radius 3 is 2.23 bits per heavy atom. The Kier molecular flexibility index (Phi) is 5.88. The fourth-order valence-electron chi connectivity index (χ4n) is 3.83. The lowest BCUT2D eigenvalue weighted by Gasteiger charge is -2.25. The van der Waals surface area contributed by atoms with Crippen molar-refractivity contribution in [1.82, 2.24) is 5.32 Å². The number of anilines is 2. The van der Waals surface area contributed by atoms with Crippen molar-refractivity contribution in [3.63, 3.8) is 0 Å². The Morgan fingerprint density at radius 2 is 1.58 bits per heavy atom. The summed E-state index contributed by atoms with van der Waals surface area (Å²) < 4.78 is 0.913. The normalized spacial score (nSPS) is 12.4. The smallest absolute Gasteiger partial charge is 0.196 e. The molecule has 9 heteroatoms. The van der Waals surface area contributed by atoms with Gasteiger partial charge in [0.1, 0.15) is 0 Å². The van der Waals surface area contributed by atoms with Crippen molar-refractivity contribution < 1.29 is 9.59 Å². The number of rotatable bonds is 8. The number of nitrogens with one attached hydrogen (secondary N) is 3. The molecule has 1 aromatic heterocycles. The molecule has 31 heavy (non-hydrogen) atoms. The second-order valence-electron chi connectivity index (χ2n) is 7.13. The lowest BCUT2D eigenvalue weighted by atomic mass is 9.81. The molecule has 0 atom stereocenters. The summed E-state index contributed by atoms with van der Waals surface area (Å²) in [5, 5.41) is 12.7. The van der Waals surface area contributed by atoms with Crippen LogP contribution in [0.5, 0.6) is 0 Å².